The van der Waals surface area contributed by atoms with Crippen molar-refractivity contribution in [3.8, 4) is 0 Å². The van der Waals surface area contributed by atoms with Gasteiger partial charge in [-0.1, -0.05) is 34.6 Å². The summed E-state index contributed by atoms with van der Waals surface area (Å²) in [6, 6.07) is 0. The Kier molecular flexibility index (Phi) is 2.53. The van der Waals surface area contributed by atoms with Gasteiger partial charge in [0, 0.05) is 5.92 Å². The van der Waals surface area contributed by atoms with E-state index in [1.807, 2.05) is 0 Å². The summed E-state index contributed by atoms with van der Waals surface area (Å²) in [5.74, 6) is 0.158. The third-order valence-corrected chi connectivity index (χ3v) is 5.10. The van der Waals surface area contributed by atoms with Crippen molar-refractivity contribution in [1.29, 1.82) is 0 Å². The molecule has 2 unspecified atom stereocenters. The molecule has 1 fully saturated rings. The molecular weight excluding hydrogens is 176 g/mol. The highest BCUT2D eigenvalue weighted by atomic mass is 16.6. The highest BCUT2D eigenvalue weighted by Crippen LogP contribution is 2.56. The molecule has 14 heavy (non-hydrogen) atoms. The van der Waals surface area contributed by atoms with Crippen LogP contribution in [0.4, 0.5) is 0 Å². The molecule has 2 heteroatoms. The zero-order chi connectivity index (χ0) is 11.4. The van der Waals surface area contributed by atoms with E-state index < -0.39 is 6.29 Å². The number of ether oxygens (including phenoxy) is 1. The summed E-state index contributed by atoms with van der Waals surface area (Å²) >= 11 is 0. The maximum absolute atomic E-state index is 9.86. The third kappa shape index (κ3) is 1.31. The van der Waals surface area contributed by atoms with E-state index >= 15 is 0 Å². The van der Waals surface area contributed by atoms with Crippen LogP contribution in [0.2, 0.25) is 0 Å². The van der Waals surface area contributed by atoms with Crippen LogP contribution in [0.15, 0.2) is 0 Å². The fourth-order valence-electron chi connectivity index (χ4n) is 2.25. The highest BCUT2D eigenvalue weighted by molar-refractivity contribution is 5.03. The quantitative estimate of drug-likeness (QED) is 0.651. The first-order valence-corrected chi connectivity index (χ1v) is 5.40. The molecule has 1 aliphatic rings. The molecule has 0 aromatic rings. The lowest BCUT2D eigenvalue weighted by molar-refractivity contribution is -0.312. The van der Waals surface area contributed by atoms with E-state index in [1.54, 1.807) is 0 Å². The fourth-order valence-corrected chi connectivity index (χ4v) is 2.25. The molecule has 2 atom stereocenters. The molecule has 84 valence electrons. The van der Waals surface area contributed by atoms with Crippen molar-refractivity contribution in [2.75, 3.05) is 0 Å². The van der Waals surface area contributed by atoms with Gasteiger partial charge < -0.3 is 9.84 Å². The summed E-state index contributed by atoms with van der Waals surface area (Å²) in [6.07, 6.45) is -0.645. The summed E-state index contributed by atoms with van der Waals surface area (Å²) in [5, 5.41) is 9.86. The number of aliphatic hydroxyl groups excluding tert-OH is 1. The second-order valence-corrected chi connectivity index (χ2v) is 6.15. The van der Waals surface area contributed by atoms with Gasteiger partial charge in [0.2, 0.25) is 0 Å². The summed E-state index contributed by atoms with van der Waals surface area (Å²) in [5.41, 5.74) is -0.185. The van der Waals surface area contributed by atoms with Crippen molar-refractivity contribution < 1.29 is 9.84 Å². The van der Waals surface area contributed by atoms with Gasteiger partial charge in [-0.05, 0) is 24.7 Å². The first-order chi connectivity index (χ1) is 6.04. The zero-order valence-electron chi connectivity index (χ0n) is 10.5. The average Bonchev–Trinajstić information content (AvgIpc) is 1.99. The predicted octanol–water partition coefficient (Wildman–Crippen LogP) is 2.80. The molecule has 1 rings (SSSR count). The van der Waals surface area contributed by atoms with Crippen LogP contribution in [-0.2, 0) is 4.74 Å². The first-order valence-electron chi connectivity index (χ1n) is 5.40. The summed E-state index contributed by atoms with van der Waals surface area (Å²) in [6.45, 7) is 15.0. The van der Waals surface area contributed by atoms with Gasteiger partial charge in [0.1, 0.15) is 0 Å². The van der Waals surface area contributed by atoms with E-state index in [4.69, 9.17) is 4.74 Å². The highest BCUT2D eigenvalue weighted by Gasteiger charge is 2.57. The van der Waals surface area contributed by atoms with E-state index in [1.165, 1.54) is 0 Å². The van der Waals surface area contributed by atoms with Crippen LogP contribution in [0.1, 0.15) is 48.5 Å². The Morgan fingerprint density at radius 3 is 1.86 bits per heavy atom. The molecule has 2 nitrogen and oxygen atoms in total. The van der Waals surface area contributed by atoms with Crippen LogP contribution in [0, 0.1) is 16.7 Å². The molecule has 0 aliphatic carbocycles. The minimum atomic E-state index is -0.645. The Labute approximate surface area is 87.7 Å². The van der Waals surface area contributed by atoms with Gasteiger partial charge in [0.15, 0.2) is 6.29 Å². The predicted molar refractivity (Wildman–Crippen MR) is 57.9 cm³/mol. The maximum Gasteiger partial charge on any atom is 0.158 e. The normalized spacial score (nSPS) is 39.4. The van der Waals surface area contributed by atoms with Gasteiger partial charge in [0.25, 0.3) is 0 Å². The molecule has 1 heterocycles. The summed E-state index contributed by atoms with van der Waals surface area (Å²) in [7, 11) is 0. The van der Waals surface area contributed by atoms with Crippen molar-refractivity contribution >= 4 is 0 Å². The molecule has 0 amide bonds. The molecule has 0 spiro atoms. The monoisotopic (exact) mass is 200 g/mol. The molecular formula is C12H24O2. The van der Waals surface area contributed by atoms with Gasteiger partial charge in [-0.2, -0.15) is 0 Å². The molecule has 0 bridgehead atoms. The minimum absolute atomic E-state index is 0.0403. The number of hydrogen-bond donors (Lipinski definition) is 1. The molecule has 1 N–H and O–H groups in total. The Morgan fingerprint density at radius 2 is 1.43 bits per heavy atom. The Hall–Kier alpha value is -0.0800. The number of aliphatic hydroxyl groups is 1. The third-order valence-electron chi connectivity index (χ3n) is 5.10. The van der Waals surface area contributed by atoms with E-state index in [2.05, 4.69) is 48.5 Å². The molecule has 1 saturated heterocycles. The standard InChI is InChI=1S/C12H24O2/c1-8-9(13)14-12(6,7)11(4,5)10(8,2)3/h8-9,13H,1-7H3. The Morgan fingerprint density at radius 1 is 1.00 bits per heavy atom. The van der Waals surface area contributed by atoms with Crippen LogP contribution in [0.25, 0.3) is 0 Å². The van der Waals surface area contributed by atoms with E-state index in [0.717, 1.165) is 0 Å². The van der Waals surface area contributed by atoms with Gasteiger partial charge in [0.05, 0.1) is 5.60 Å². The van der Waals surface area contributed by atoms with E-state index in [-0.39, 0.29) is 22.3 Å². The van der Waals surface area contributed by atoms with Crippen LogP contribution < -0.4 is 0 Å². The smallest absolute Gasteiger partial charge is 0.158 e. The van der Waals surface area contributed by atoms with Gasteiger partial charge in [-0.25, -0.2) is 0 Å². The number of hydrogen-bond acceptors (Lipinski definition) is 2. The summed E-state index contributed by atoms with van der Waals surface area (Å²) in [4.78, 5) is 0. The van der Waals surface area contributed by atoms with Gasteiger partial charge in [-0.3, -0.25) is 0 Å². The lowest BCUT2D eigenvalue weighted by atomic mass is 9.53. The van der Waals surface area contributed by atoms with Gasteiger partial charge >= 0.3 is 0 Å². The molecule has 0 aromatic carbocycles. The topological polar surface area (TPSA) is 29.5 Å². The SMILES string of the molecule is CC1C(O)OC(C)(C)C(C)(C)C1(C)C. The fraction of sp³-hybridized carbons (Fsp3) is 1.00. The van der Waals surface area contributed by atoms with Crippen LogP contribution in [0.5, 0.6) is 0 Å². The van der Waals surface area contributed by atoms with Gasteiger partial charge in [-0.15, -0.1) is 0 Å². The Bertz CT molecular complexity index is 228. The maximum atomic E-state index is 9.86. The lowest BCUT2D eigenvalue weighted by Gasteiger charge is -2.60. The largest absolute Gasteiger partial charge is 0.368 e. The number of rotatable bonds is 0. The van der Waals surface area contributed by atoms with Crippen LogP contribution in [0.3, 0.4) is 0 Å². The minimum Gasteiger partial charge on any atom is -0.368 e. The molecule has 0 aromatic heterocycles. The molecule has 0 saturated carbocycles. The van der Waals surface area contributed by atoms with Crippen LogP contribution in [-0.4, -0.2) is 17.0 Å². The lowest BCUT2D eigenvalue weighted by Crippen LogP contribution is -2.61. The average molecular weight is 200 g/mol. The van der Waals surface area contributed by atoms with E-state index in [9.17, 15) is 5.11 Å². The Balaban J connectivity index is 3.15. The molecule has 0 radical (unpaired) electrons. The van der Waals surface area contributed by atoms with Crippen LogP contribution >= 0.6 is 0 Å². The second kappa shape index (κ2) is 2.96. The van der Waals surface area contributed by atoms with Crippen molar-refractivity contribution in [2.24, 2.45) is 16.7 Å². The molecule has 1 aliphatic heterocycles. The second-order valence-electron chi connectivity index (χ2n) is 6.15. The van der Waals surface area contributed by atoms with Crippen molar-refractivity contribution in [2.45, 2.75) is 60.4 Å². The summed E-state index contributed by atoms with van der Waals surface area (Å²) < 4.78 is 5.69. The van der Waals surface area contributed by atoms with Crippen molar-refractivity contribution in [3.05, 3.63) is 0 Å². The first kappa shape index (κ1) is 12.0. The van der Waals surface area contributed by atoms with Crippen molar-refractivity contribution in [1.82, 2.24) is 0 Å². The zero-order valence-corrected chi connectivity index (χ0v) is 10.5. The van der Waals surface area contributed by atoms with E-state index in [0.29, 0.717) is 0 Å². The van der Waals surface area contributed by atoms with Crippen molar-refractivity contribution in [3.63, 3.8) is 0 Å².